The van der Waals surface area contributed by atoms with Gasteiger partial charge in [-0.2, -0.15) is 0 Å². The van der Waals surface area contributed by atoms with Crippen molar-refractivity contribution in [2.24, 2.45) is 11.7 Å². The summed E-state index contributed by atoms with van der Waals surface area (Å²) >= 11 is 0. The smallest absolute Gasteiger partial charge is 0.128 e. The molecule has 1 atom stereocenters. The van der Waals surface area contributed by atoms with E-state index in [1.165, 1.54) is 6.42 Å². The Labute approximate surface area is 98.7 Å². The Hall–Kier alpha value is -1.09. The van der Waals surface area contributed by atoms with Crippen LogP contribution in [-0.4, -0.2) is 18.6 Å². The molecule has 2 N–H and O–H groups in total. The third-order valence-electron chi connectivity index (χ3n) is 2.73. The molecule has 0 spiro atoms. The molecule has 90 valence electrons. The number of hydrogen-bond donors (Lipinski definition) is 1. The van der Waals surface area contributed by atoms with E-state index in [2.05, 4.69) is 36.8 Å². The maximum atomic E-state index is 5.78. The molecular formula is C13H23N3. The first-order valence-corrected chi connectivity index (χ1v) is 5.93. The summed E-state index contributed by atoms with van der Waals surface area (Å²) in [6.07, 6.45) is 3.05. The van der Waals surface area contributed by atoms with Gasteiger partial charge in [0.2, 0.25) is 0 Å². The van der Waals surface area contributed by atoms with Gasteiger partial charge in [0.05, 0.1) is 0 Å². The fourth-order valence-corrected chi connectivity index (χ4v) is 1.46. The predicted octanol–water partition coefficient (Wildman–Crippen LogP) is 2.58. The predicted molar refractivity (Wildman–Crippen MR) is 69.6 cm³/mol. The lowest BCUT2D eigenvalue weighted by atomic mass is 10.1. The van der Waals surface area contributed by atoms with Crippen LogP contribution in [0, 0.1) is 5.92 Å². The quantitative estimate of drug-likeness (QED) is 0.831. The van der Waals surface area contributed by atoms with E-state index in [9.17, 15) is 0 Å². The molecule has 1 heterocycles. The van der Waals surface area contributed by atoms with E-state index in [1.807, 2.05) is 19.2 Å². The van der Waals surface area contributed by atoms with Crippen molar-refractivity contribution in [3.63, 3.8) is 0 Å². The van der Waals surface area contributed by atoms with Crippen molar-refractivity contribution < 1.29 is 0 Å². The SMILES string of the molecule is CC(C)CCN(C)c1ccc(C(C)N)cn1. The zero-order valence-corrected chi connectivity index (χ0v) is 10.8. The van der Waals surface area contributed by atoms with Gasteiger partial charge in [0, 0.05) is 25.8 Å². The van der Waals surface area contributed by atoms with E-state index in [-0.39, 0.29) is 6.04 Å². The Morgan fingerprint density at radius 3 is 2.44 bits per heavy atom. The Morgan fingerprint density at radius 1 is 1.31 bits per heavy atom. The highest BCUT2D eigenvalue weighted by molar-refractivity contribution is 5.38. The summed E-state index contributed by atoms with van der Waals surface area (Å²) in [5.41, 5.74) is 6.87. The molecule has 3 nitrogen and oxygen atoms in total. The third kappa shape index (κ3) is 3.81. The van der Waals surface area contributed by atoms with Crippen molar-refractivity contribution >= 4 is 5.82 Å². The molecule has 0 saturated heterocycles. The van der Waals surface area contributed by atoms with Crippen LogP contribution in [0.1, 0.15) is 38.8 Å². The average Bonchev–Trinajstić information content (AvgIpc) is 2.26. The standard InChI is InChI=1S/C13H23N3/c1-10(2)7-8-16(4)13-6-5-12(9-15-13)11(3)14/h5-6,9-11H,7-8,14H2,1-4H3. The molecule has 0 aromatic carbocycles. The molecule has 1 aromatic rings. The minimum atomic E-state index is 0.0579. The minimum absolute atomic E-state index is 0.0579. The van der Waals surface area contributed by atoms with Gasteiger partial charge in [0.25, 0.3) is 0 Å². The first-order chi connectivity index (χ1) is 7.50. The highest BCUT2D eigenvalue weighted by atomic mass is 15.2. The summed E-state index contributed by atoms with van der Waals surface area (Å²) in [5, 5.41) is 0. The monoisotopic (exact) mass is 221 g/mol. The number of nitrogens with two attached hydrogens (primary N) is 1. The van der Waals surface area contributed by atoms with Crippen LogP contribution in [0.25, 0.3) is 0 Å². The number of pyridine rings is 1. The van der Waals surface area contributed by atoms with Crippen LogP contribution in [-0.2, 0) is 0 Å². The van der Waals surface area contributed by atoms with Gasteiger partial charge in [-0.15, -0.1) is 0 Å². The molecule has 1 aromatic heterocycles. The molecule has 0 fully saturated rings. The summed E-state index contributed by atoms with van der Waals surface area (Å²) in [4.78, 5) is 6.61. The lowest BCUT2D eigenvalue weighted by Gasteiger charge is -2.19. The van der Waals surface area contributed by atoms with E-state index < -0.39 is 0 Å². The van der Waals surface area contributed by atoms with Gasteiger partial charge in [-0.25, -0.2) is 4.98 Å². The molecule has 1 rings (SSSR count). The molecule has 0 radical (unpaired) electrons. The first-order valence-electron chi connectivity index (χ1n) is 5.93. The fourth-order valence-electron chi connectivity index (χ4n) is 1.46. The van der Waals surface area contributed by atoms with Gasteiger partial charge < -0.3 is 10.6 Å². The van der Waals surface area contributed by atoms with Crippen LogP contribution in [0.2, 0.25) is 0 Å². The van der Waals surface area contributed by atoms with Crippen molar-refractivity contribution in [1.82, 2.24) is 4.98 Å². The van der Waals surface area contributed by atoms with Crippen molar-refractivity contribution in [2.45, 2.75) is 33.2 Å². The van der Waals surface area contributed by atoms with Crippen molar-refractivity contribution in [3.05, 3.63) is 23.9 Å². The Bertz CT molecular complexity index is 303. The van der Waals surface area contributed by atoms with E-state index >= 15 is 0 Å². The lowest BCUT2D eigenvalue weighted by molar-refractivity contribution is 0.583. The Kier molecular flexibility index (Phi) is 4.74. The topological polar surface area (TPSA) is 42.1 Å². The molecule has 3 heteroatoms. The molecule has 0 aliphatic carbocycles. The van der Waals surface area contributed by atoms with Gasteiger partial charge in [0.15, 0.2) is 0 Å². The molecular weight excluding hydrogens is 198 g/mol. The first kappa shape index (κ1) is 13.0. The van der Waals surface area contributed by atoms with E-state index in [1.54, 1.807) is 0 Å². The fraction of sp³-hybridized carbons (Fsp3) is 0.615. The zero-order valence-electron chi connectivity index (χ0n) is 10.8. The van der Waals surface area contributed by atoms with Gasteiger partial charge in [-0.3, -0.25) is 0 Å². The van der Waals surface area contributed by atoms with Crippen molar-refractivity contribution in [1.29, 1.82) is 0 Å². The number of rotatable bonds is 5. The summed E-state index contributed by atoms with van der Waals surface area (Å²) in [6.45, 7) is 7.49. The summed E-state index contributed by atoms with van der Waals surface area (Å²) < 4.78 is 0. The van der Waals surface area contributed by atoms with Crippen LogP contribution in [0.5, 0.6) is 0 Å². The van der Waals surface area contributed by atoms with Gasteiger partial charge >= 0.3 is 0 Å². The Morgan fingerprint density at radius 2 is 2.00 bits per heavy atom. The Balaban J connectivity index is 2.59. The van der Waals surface area contributed by atoms with Crippen LogP contribution < -0.4 is 10.6 Å². The van der Waals surface area contributed by atoms with E-state index in [0.29, 0.717) is 0 Å². The van der Waals surface area contributed by atoms with Gasteiger partial charge in [-0.05, 0) is 30.9 Å². The summed E-state index contributed by atoms with van der Waals surface area (Å²) in [5.74, 6) is 1.75. The maximum absolute atomic E-state index is 5.78. The lowest BCUT2D eigenvalue weighted by Crippen LogP contribution is -2.21. The average molecular weight is 221 g/mol. The second kappa shape index (κ2) is 5.85. The minimum Gasteiger partial charge on any atom is -0.360 e. The molecule has 0 bridgehead atoms. The van der Waals surface area contributed by atoms with Gasteiger partial charge in [0.1, 0.15) is 5.82 Å². The molecule has 1 unspecified atom stereocenters. The van der Waals surface area contributed by atoms with Crippen molar-refractivity contribution in [3.8, 4) is 0 Å². The third-order valence-corrected chi connectivity index (χ3v) is 2.73. The van der Waals surface area contributed by atoms with Crippen LogP contribution in [0.15, 0.2) is 18.3 Å². The molecule has 0 saturated carbocycles. The molecule has 0 aliphatic heterocycles. The number of nitrogens with zero attached hydrogens (tertiary/aromatic N) is 2. The molecule has 16 heavy (non-hydrogen) atoms. The van der Waals surface area contributed by atoms with Crippen molar-refractivity contribution in [2.75, 3.05) is 18.5 Å². The summed E-state index contributed by atoms with van der Waals surface area (Å²) in [6, 6.07) is 4.15. The molecule has 0 aliphatic rings. The van der Waals surface area contributed by atoms with E-state index in [0.717, 1.165) is 23.8 Å². The highest BCUT2D eigenvalue weighted by Crippen LogP contribution is 2.14. The van der Waals surface area contributed by atoms with Crippen LogP contribution in [0.3, 0.4) is 0 Å². The molecule has 0 amide bonds. The number of aromatic nitrogens is 1. The number of hydrogen-bond acceptors (Lipinski definition) is 3. The van der Waals surface area contributed by atoms with Crippen LogP contribution in [0.4, 0.5) is 5.82 Å². The number of anilines is 1. The highest BCUT2D eigenvalue weighted by Gasteiger charge is 2.05. The summed E-state index contributed by atoms with van der Waals surface area (Å²) in [7, 11) is 2.08. The van der Waals surface area contributed by atoms with E-state index in [4.69, 9.17) is 5.73 Å². The normalized spacial score (nSPS) is 12.9. The second-order valence-electron chi connectivity index (χ2n) is 4.84. The van der Waals surface area contributed by atoms with Gasteiger partial charge in [-0.1, -0.05) is 19.9 Å². The zero-order chi connectivity index (χ0) is 12.1. The second-order valence-corrected chi connectivity index (χ2v) is 4.84. The van der Waals surface area contributed by atoms with Crippen LogP contribution >= 0.6 is 0 Å². The maximum Gasteiger partial charge on any atom is 0.128 e. The largest absolute Gasteiger partial charge is 0.360 e.